The van der Waals surface area contributed by atoms with Gasteiger partial charge in [-0.1, -0.05) is 51.1 Å². The van der Waals surface area contributed by atoms with Crippen molar-refractivity contribution in [3.05, 3.63) is 35.9 Å². The second kappa shape index (κ2) is 6.57. The summed E-state index contributed by atoms with van der Waals surface area (Å²) in [7, 11) is 0. The first-order valence-corrected chi connectivity index (χ1v) is 11.8. The van der Waals surface area contributed by atoms with Crippen LogP contribution in [0, 0.1) is 28.6 Å². The number of nitrogens with zero attached hydrogens (tertiary/aromatic N) is 1. The van der Waals surface area contributed by atoms with E-state index in [9.17, 15) is 0 Å². The van der Waals surface area contributed by atoms with Gasteiger partial charge in [0.1, 0.15) is 0 Å². The lowest BCUT2D eigenvalue weighted by atomic mass is 9.41. The minimum Gasteiger partial charge on any atom is -0.327 e. The summed E-state index contributed by atoms with van der Waals surface area (Å²) < 4.78 is 0. The monoisotopic (exact) mass is 380 g/mol. The molecule has 2 nitrogen and oxygen atoms in total. The van der Waals surface area contributed by atoms with Crippen LogP contribution in [0.5, 0.6) is 0 Å². The van der Waals surface area contributed by atoms with Crippen molar-refractivity contribution in [3.63, 3.8) is 0 Å². The highest BCUT2D eigenvalue weighted by Gasteiger charge is 2.59. The van der Waals surface area contributed by atoms with Gasteiger partial charge >= 0.3 is 0 Å². The number of benzene rings is 1. The molecule has 1 aromatic carbocycles. The van der Waals surface area contributed by atoms with E-state index >= 15 is 0 Å². The molecule has 5 rings (SSSR count). The van der Waals surface area contributed by atoms with E-state index in [0.717, 1.165) is 24.2 Å². The molecule has 154 valence electrons. The summed E-state index contributed by atoms with van der Waals surface area (Å²) in [6.07, 6.45) is 9.88. The standard InChI is InChI=1S/C26H40N2/c1-24(2)18-28(12-10-23(24)27)16-20-13-19-14-25(3)11-9-22(20)26(15-19,17-25)21-7-5-4-6-8-21/h4-8,19-20,22-23H,9-18,27H2,1-3H3/t19?,20?,22?,23-,25-,26+/m0/s1. The third-order valence-electron chi connectivity index (χ3n) is 9.38. The van der Waals surface area contributed by atoms with Crippen molar-refractivity contribution >= 4 is 0 Å². The lowest BCUT2D eigenvalue weighted by Gasteiger charge is -2.64. The molecule has 1 aliphatic heterocycles. The summed E-state index contributed by atoms with van der Waals surface area (Å²) in [5.41, 5.74) is 9.37. The summed E-state index contributed by atoms with van der Waals surface area (Å²) in [6.45, 7) is 11.0. The molecule has 3 bridgehead atoms. The minimum absolute atomic E-state index is 0.255. The molecule has 4 aliphatic rings. The number of hydrogen-bond acceptors (Lipinski definition) is 2. The third-order valence-corrected chi connectivity index (χ3v) is 9.38. The van der Waals surface area contributed by atoms with E-state index < -0.39 is 0 Å². The number of piperidine rings is 1. The number of rotatable bonds is 3. The van der Waals surface area contributed by atoms with Crippen LogP contribution in [0.2, 0.25) is 0 Å². The fourth-order valence-corrected chi connectivity index (χ4v) is 8.27. The van der Waals surface area contributed by atoms with Crippen molar-refractivity contribution in [1.82, 2.24) is 4.90 Å². The van der Waals surface area contributed by atoms with Crippen molar-refractivity contribution in [2.75, 3.05) is 19.6 Å². The molecule has 28 heavy (non-hydrogen) atoms. The quantitative estimate of drug-likeness (QED) is 0.779. The van der Waals surface area contributed by atoms with Gasteiger partial charge in [-0.2, -0.15) is 0 Å². The molecule has 6 atom stereocenters. The highest BCUT2D eigenvalue weighted by atomic mass is 15.2. The molecule has 0 amide bonds. The molecular formula is C26H40N2. The Hall–Kier alpha value is -0.860. The second-order valence-electron chi connectivity index (χ2n) is 12.0. The van der Waals surface area contributed by atoms with E-state index in [1.165, 1.54) is 58.2 Å². The van der Waals surface area contributed by atoms with Gasteiger partial charge in [0.05, 0.1) is 0 Å². The van der Waals surface area contributed by atoms with Crippen molar-refractivity contribution in [3.8, 4) is 0 Å². The van der Waals surface area contributed by atoms with Crippen molar-refractivity contribution < 1.29 is 0 Å². The predicted molar refractivity (Wildman–Crippen MR) is 117 cm³/mol. The summed E-state index contributed by atoms with van der Waals surface area (Å²) in [5.74, 6) is 2.67. The van der Waals surface area contributed by atoms with Gasteiger partial charge < -0.3 is 10.6 Å². The zero-order chi connectivity index (χ0) is 19.6. The number of nitrogens with two attached hydrogens (primary N) is 1. The average molecular weight is 381 g/mol. The van der Waals surface area contributed by atoms with Crippen molar-refractivity contribution in [2.24, 2.45) is 34.3 Å². The Balaban J connectivity index is 1.44. The zero-order valence-electron chi connectivity index (χ0n) is 18.3. The predicted octanol–water partition coefficient (Wildman–Crippen LogP) is 5.22. The molecule has 1 heterocycles. The Morgan fingerprint density at radius 1 is 1.07 bits per heavy atom. The van der Waals surface area contributed by atoms with E-state index in [1.807, 2.05) is 0 Å². The molecule has 2 N–H and O–H groups in total. The van der Waals surface area contributed by atoms with Gasteiger partial charge in [-0.25, -0.2) is 0 Å². The Morgan fingerprint density at radius 2 is 1.86 bits per heavy atom. The zero-order valence-corrected chi connectivity index (χ0v) is 18.3. The van der Waals surface area contributed by atoms with E-state index in [0.29, 0.717) is 16.9 Å². The first-order valence-electron chi connectivity index (χ1n) is 11.8. The maximum absolute atomic E-state index is 6.43. The van der Waals surface area contributed by atoms with Gasteiger partial charge in [0.15, 0.2) is 0 Å². The van der Waals surface area contributed by atoms with Crippen LogP contribution in [0.1, 0.15) is 71.3 Å². The SMILES string of the molecule is CC1(C)CN(CC2CC3C[C@]4(C)CCC2[C@](c2ccccc2)(C3)C4)CC[C@@H]1N. The molecule has 1 saturated heterocycles. The lowest BCUT2D eigenvalue weighted by molar-refractivity contribution is -0.0896. The molecule has 3 aliphatic carbocycles. The first kappa shape index (κ1) is 19.1. The van der Waals surface area contributed by atoms with E-state index in [-0.39, 0.29) is 5.41 Å². The lowest BCUT2D eigenvalue weighted by Crippen LogP contribution is -2.59. The van der Waals surface area contributed by atoms with Gasteiger partial charge in [0.2, 0.25) is 0 Å². The normalized spacial score (nSPS) is 45.1. The summed E-state index contributed by atoms with van der Waals surface area (Å²) >= 11 is 0. The van der Waals surface area contributed by atoms with Crippen molar-refractivity contribution in [1.29, 1.82) is 0 Å². The molecule has 0 spiro atoms. The average Bonchev–Trinajstić information content (AvgIpc) is 2.63. The summed E-state index contributed by atoms with van der Waals surface area (Å²) in [6, 6.07) is 12.0. The summed E-state index contributed by atoms with van der Waals surface area (Å²) in [5, 5.41) is 0. The van der Waals surface area contributed by atoms with Crippen LogP contribution in [-0.4, -0.2) is 30.6 Å². The first-order chi connectivity index (χ1) is 13.3. The Morgan fingerprint density at radius 3 is 2.61 bits per heavy atom. The second-order valence-corrected chi connectivity index (χ2v) is 12.0. The maximum Gasteiger partial charge on any atom is 0.0115 e. The molecule has 1 aromatic rings. The molecule has 3 saturated carbocycles. The van der Waals surface area contributed by atoms with E-state index in [4.69, 9.17) is 5.73 Å². The van der Waals surface area contributed by atoms with E-state index in [2.05, 4.69) is 56.0 Å². The van der Waals surface area contributed by atoms with Crippen molar-refractivity contribution in [2.45, 2.75) is 77.2 Å². The minimum atomic E-state index is 0.255. The van der Waals surface area contributed by atoms with Crippen LogP contribution in [0.3, 0.4) is 0 Å². The van der Waals surface area contributed by atoms with E-state index in [1.54, 1.807) is 5.56 Å². The topological polar surface area (TPSA) is 29.3 Å². The number of likely N-dealkylation sites (tertiary alicyclic amines) is 1. The van der Waals surface area contributed by atoms with Gasteiger partial charge in [-0.15, -0.1) is 0 Å². The molecule has 0 radical (unpaired) electrons. The maximum atomic E-state index is 6.43. The van der Waals surface area contributed by atoms with Gasteiger partial charge in [0, 0.05) is 19.1 Å². The fraction of sp³-hybridized carbons (Fsp3) is 0.769. The highest BCUT2D eigenvalue weighted by Crippen LogP contribution is 2.66. The number of fused-ring (bicyclic) bond motifs is 2. The Labute approximate surface area is 172 Å². The Kier molecular flexibility index (Phi) is 4.49. The largest absolute Gasteiger partial charge is 0.327 e. The van der Waals surface area contributed by atoms with Crippen LogP contribution in [0.25, 0.3) is 0 Å². The Bertz CT molecular complexity index is 712. The van der Waals surface area contributed by atoms with Crippen LogP contribution >= 0.6 is 0 Å². The third kappa shape index (κ3) is 3.06. The smallest absolute Gasteiger partial charge is 0.0115 e. The van der Waals surface area contributed by atoms with Gasteiger partial charge in [0.25, 0.3) is 0 Å². The molecule has 4 fully saturated rings. The molecule has 2 heteroatoms. The van der Waals surface area contributed by atoms with Gasteiger partial charge in [-0.05, 0) is 91.1 Å². The number of hydrogen-bond donors (Lipinski definition) is 1. The van der Waals surface area contributed by atoms with Crippen LogP contribution in [0.15, 0.2) is 30.3 Å². The van der Waals surface area contributed by atoms with Crippen LogP contribution in [-0.2, 0) is 5.41 Å². The summed E-state index contributed by atoms with van der Waals surface area (Å²) in [4.78, 5) is 2.78. The van der Waals surface area contributed by atoms with Crippen LogP contribution in [0.4, 0.5) is 0 Å². The van der Waals surface area contributed by atoms with Gasteiger partial charge in [-0.3, -0.25) is 0 Å². The molecular weight excluding hydrogens is 340 g/mol. The highest BCUT2D eigenvalue weighted by molar-refractivity contribution is 5.31. The molecule has 3 unspecified atom stereocenters. The fourth-order valence-electron chi connectivity index (χ4n) is 8.27. The molecule has 0 aromatic heterocycles. The van der Waals surface area contributed by atoms with Crippen LogP contribution < -0.4 is 5.73 Å².